The Morgan fingerprint density at radius 1 is 1.04 bits per heavy atom. The molecule has 154 valence electrons. The molecule has 2 aromatic rings. The van der Waals surface area contributed by atoms with Crippen LogP contribution in [0.25, 0.3) is 0 Å². The number of guanidine groups is 1. The third-order valence-electron chi connectivity index (χ3n) is 4.11. The number of rotatable bonds is 8. The molecule has 6 nitrogen and oxygen atoms in total. The van der Waals surface area contributed by atoms with Gasteiger partial charge in [0.05, 0.1) is 5.75 Å². The Bertz CT molecular complexity index is 840. The smallest absolute Gasteiger partial charge is 0.213 e. The molecule has 0 aliphatic rings. The minimum atomic E-state index is -3.36. The van der Waals surface area contributed by atoms with E-state index in [1.807, 2.05) is 42.3 Å². The summed E-state index contributed by atoms with van der Waals surface area (Å²) in [5, 5.41) is 3.11. The van der Waals surface area contributed by atoms with Crippen molar-refractivity contribution in [3.63, 3.8) is 0 Å². The molecular weight excluding hydrogens is 487 g/mol. The quantitative estimate of drug-likeness (QED) is 0.322. The Kier molecular flexibility index (Phi) is 10.5. The molecule has 0 radical (unpaired) electrons. The van der Waals surface area contributed by atoms with E-state index in [9.17, 15) is 8.42 Å². The zero-order valence-electron chi connectivity index (χ0n) is 16.6. The number of nitrogens with one attached hydrogen (secondary N) is 2. The first-order valence-electron chi connectivity index (χ1n) is 8.88. The molecule has 2 rings (SSSR count). The van der Waals surface area contributed by atoms with Gasteiger partial charge in [0, 0.05) is 33.7 Å². The number of benzene rings is 2. The van der Waals surface area contributed by atoms with Crippen LogP contribution in [0.15, 0.2) is 59.6 Å². The highest BCUT2D eigenvalue weighted by Crippen LogP contribution is 2.06. The summed E-state index contributed by atoms with van der Waals surface area (Å²) in [5.41, 5.74) is 3.32. The predicted molar refractivity (Wildman–Crippen MR) is 126 cm³/mol. The summed E-state index contributed by atoms with van der Waals surface area (Å²) in [7, 11) is 0.259. The second-order valence-electron chi connectivity index (χ2n) is 6.44. The van der Waals surface area contributed by atoms with Crippen molar-refractivity contribution in [2.45, 2.75) is 20.0 Å². The monoisotopic (exact) mass is 516 g/mol. The summed E-state index contributed by atoms with van der Waals surface area (Å²) in [6.45, 7) is 3.33. The molecule has 0 fully saturated rings. The van der Waals surface area contributed by atoms with Crippen molar-refractivity contribution >= 4 is 40.0 Å². The van der Waals surface area contributed by atoms with Crippen molar-refractivity contribution < 1.29 is 8.42 Å². The summed E-state index contributed by atoms with van der Waals surface area (Å²) in [4.78, 5) is 6.20. The highest BCUT2D eigenvalue weighted by Gasteiger charge is 2.12. The summed E-state index contributed by atoms with van der Waals surface area (Å²) in [6, 6.07) is 17.8. The van der Waals surface area contributed by atoms with Crippen LogP contribution in [0.5, 0.6) is 0 Å². The second kappa shape index (κ2) is 12.0. The van der Waals surface area contributed by atoms with E-state index in [0.29, 0.717) is 19.0 Å². The molecule has 0 saturated carbocycles. The number of aliphatic imine (C=N–C) groups is 1. The molecule has 0 spiro atoms. The molecule has 2 N–H and O–H groups in total. The van der Waals surface area contributed by atoms with Gasteiger partial charge in [0.25, 0.3) is 0 Å². The van der Waals surface area contributed by atoms with Crippen LogP contribution in [0.4, 0.5) is 0 Å². The van der Waals surface area contributed by atoms with E-state index in [0.717, 1.165) is 5.56 Å². The topological polar surface area (TPSA) is 73.8 Å². The number of aryl methyl sites for hydroxylation is 1. The van der Waals surface area contributed by atoms with Gasteiger partial charge in [0.2, 0.25) is 10.0 Å². The first-order valence-corrected chi connectivity index (χ1v) is 10.5. The van der Waals surface area contributed by atoms with Crippen LogP contribution >= 0.6 is 24.0 Å². The normalized spacial score (nSPS) is 11.6. The summed E-state index contributed by atoms with van der Waals surface area (Å²) >= 11 is 0. The number of halogens is 1. The number of nitrogens with zero attached hydrogens (tertiary/aromatic N) is 2. The molecular formula is C20H29IN4O2S. The third kappa shape index (κ3) is 8.57. The van der Waals surface area contributed by atoms with Gasteiger partial charge in [-0.3, -0.25) is 4.99 Å². The Morgan fingerprint density at radius 2 is 1.68 bits per heavy atom. The van der Waals surface area contributed by atoms with Crippen LogP contribution in [0.1, 0.15) is 16.7 Å². The van der Waals surface area contributed by atoms with Crippen LogP contribution in [-0.4, -0.2) is 45.7 Å². The zero-order chi connectivity index (χ0) is 19.7. The molecule has 0 aliphatic heterocycles. The van der Waals surface area contributed by atoms with Gasteiger partial charge in [-0.25, -0.2) is 13.1 Å². The van der Waals surface area contributed by atoms with Gasteiger partial charge in [0.1, 0.15) is 0 Å². The molecule has 0 amide bonds. The Morgan fingerprint density at radius 3 is 2.29 bits per heavy atom. The first kappa shape index (κ1) is 24.4. The lowest BCUT2D eigenvalue weighted by molar-refractivity contribution is 0.478. The molecule has 28 heavy (non-hydrogen) atoms. The van der Waals surface area contributed by atoms with Crippen molar-refractivity contribution in [2.75, 3.05) is 26.4 Å². The first-order chi connectivity index (χ1) is 12.9. The summed E-state index contributed by atoms with van der Waals surface area (Å²) < 4.78 is 26.9. The zero-order valence-corrected chi connectivity index (χ0v) is 19.7. The maximum Gasteiger partial charge on any atom is 0.213 e. The van der Waals surface area contributed by atoms with Gasteiger partial charge in [0.15, 0.2) is 5.96 Å². The minimum Gasteiger partial charge on any atom is -0.355 e. The predicted octanol–water partition coefficient (Wildman–Crippen LogP) is 2.74. The molecule has 0 heterocycles. The van der Waals surface area contributed by atoms with Gasteiger partial charge in [-0.05, 0) is 18.1 Å². The van der Waals surface area contributed by atoms with Gasteiger partial charge in [-0.2, -0.15) is 0 Å². The molecule has 0 aromatic heterocycles. The molecule has 0 unspecified atom stereocenters. The Labute approximate surface area is 185 Å². The van der Waals surface area contributed by atoms with Crippen LogP contribution in [-0.2, 0) is 23.1 Å². The SMILES string of the molecule is CN=C(NCCS(=O)(=O)NCc1ccccc1)N(C)Cc1ccc(C)cc1.I. The lowest BCUT2D eigenvalue weighted by Gasteiger charge is -2.22. The van der Waals surface area contributed by atoms with E-state index in [1.165, 1.54) is 11.1 Å². The highest BCUT2D eigenvalue weighted by atomic mass is 127. The number of hydrogen-bond donors (Lipinski definition) is 2. The fourth-order valence-electron chi connectivity index (χ4n) is 2.59. The number of sulfonamides is 1. The van der Waals surface area contributed by atoms with E-state index >= 15 is 0 Å². The number of hydrogen-bond acceptors (Lipinski definition) is 3. The Hall–Kier alpha value is -1.65. The summed E-state index contributed by atoms with van der Waals surface area (Å²) in [6.07, 6.45) is 0. The maximum atomic E-state index is 12.2. The average Bonchev–Trinajstić information content (AvgIpc) is 2.66. The van der Waals surface area contributed by atoms with Gasteiger partial charge in [-0.1, -0.05) is 60.2 Å². The molecule has 0 aliphatic carbocycles. The van der Waals surface area contributed by atoms with E-state index in [-0.39, 0.29) is 36.3 Å². The van der Waals surface area contributed by atoms with E-state index < -0.39 is 10.0 Å². The largest absolute Gasteiger partial charge is 0.355 e. The minimum absolute atomic E-state index is 0. The molecule has 0 atom stereocenters. The fraction of sp³-hybridized carbons (Fsp3) is 0.350. The molecule has 2 aromatic carbocycles. The van der Waals surface area contributed by atoms with Crippen molar-refractivity contribution in [1.82, 2.24) is 14.9 Å². The van der Waals surface area contributed by atoms with Crippen molar-refractivity contribution in [3.8, 4) is 0 Å². The molecule has 0 bridgehead atoms. The molecule has 8 heteroatoms. The van der Waals surface area contributed by atoms with Crippen LogP contribution < -0.4 is 10.0 Å². The fourth-order valence-corrected chi connectivity index (χ4v) is 3.49. The summed E-state index contributed by atoms with van der Waals surface area (Å²) in [5.74, 6) is 0.644. The van der Waals surface area contributed by atoms with E-state index in [4.69, 9.17) is 0 Å². The Balaban J connectivity index is 0.00000392. The van der Waals surface area contributed by atoms with Crippen molar-refractivity contribution in [1.29, 1.82) is 0 Å². The lowest BCUT2D eigenvalue weighted by atomic mass is 10.1. The molecule has 0 saturated heterocycles. The standard InChI is InChI=1S/C20H28N4O2S.HI/c1-17-9-11-19(12-10-17)16-24(3)20(21-2)22-13-14-27(25,26)23-15-18-7-5-4-6-8-18;/h4-12,23H,13-16H2,1-3H3,(H,21,22);1H. The second-order valence-corrected chi connectivity index (χ2v) is 8.37. The maximum absolute atomic E-state index is 12.2. The van der Waals surface area contributed by atoms with Gasteiger partial charge < -0.3 is 10.2 Å². The van der Waals surface area contributed by atoms with Crippen LogP contribution in [0.3, 0.4) is 0 Å². The third-order valence-corrected chi connectivity index (χ3v) is 5.43. The van der Waals surface area contributed by atoms with Crippen molar-refractivity contribution in [3.05, 3.63) is 71.3 Å². The van der Waals surface area contributed by atoms with Gasteiger partial charge >= 0.3 is 0 Å². The van der Waals surface area contributed by atoms with Crippen LogP contribution in [0, 0.1) is 6.92 Å². The van der Waals surface area contributed by atoms with E-state index in [1.54, 1.807) is 7.05 Å². The van der Waals surface area contributed by atoms with Crippen molar-refractivity contribution in [2.24, 2.45) is 4.99 Å². The lowest BCUT2D eigenvalue weighted by Crippen LogP contribution is -2.41. The van der Waals surface area contributed by atoms with Crippen LogP contribution in [0.2, 0.25) is 0 Å². The highest BCUT2D eigenvalue weighted by molar-refractivity contribution is 14.0. The van der Waals surface area contributed by atoms with Gasteiger partial charge in [-0.15, -0.1) is 24.0 Å². The van der Waals surface area contributed by atoms with E-state index in [2.05, 4.69) is 46.2 Å². The average molecular weight is 516 g/mol.